The molecule has 0 amide bonds. The van der Waals surface area contributed by atoms with Crippen LogP contribution in [0.4, 0.5) is 5.82 Å². The number of anilines is 1. The third-order valence-corrected chi connectivity index (χ3v) is 1.93. The minimum absolute atomic E-state index is 0.0963. The van der Waals surface area contributed by atoms with Gasteiger partial charge in [-0.05, 0) is 12.8 Å². The summed E-state index contributed by atoms with van der Waals surface area (Å²) in [5.74, 6) is 1.19. The Balaban J connectivity index is 2.69. The number of nitrogens with two attached hydrogens (primary N) is 1. The number of rotatable bonds is 3. The fraction of sp³-hybridized carbons (Fsp3) is 0.556. The summed E-state index contributed by atoms with van der Waals surface area (Å²) in [6.45, 7) is 6.15. The van der Waals surface area contributed by atoms with Gasteiger partial charge in [0.1, 0.15) is 6.10 Å². The lowest BCUT2D eigenvalue weighted by Crippen LogP contribution is -2.20. The molecule has 0 bridgehead atoms. The van der Waals surface area contributed by atoms with Crippen molar-refractivity contribution in [2.75, 3.05) is 5.73 Å². The Morgan fingerprint density at radius 2 is 1.85 bits per heavy atom. The van der Waals surface area contributed by atoms with Gasteiger partial charge in [-0.3, -0.25) is 0 Å². The second-order valence-corrected chi connectivity index (χ2v) is 3.31. The van der Waals surface area contributed by atoms with Crippen LogP contribution in [-0.2, 0) is 0 Å². The molecule has 4 heteroatoms. The van der Waals surface area contributed by atoms with E-state index in [1.54, 1.807) is 12.4 Å². The predicted molar refractivity (Wildman–Crippen MR) is 51.4 cm³/mol. The lowest BCUT2D eigenvalue weighted by molar-refractivity contribution is 0.164. The van der Waals surface area contributed by atoms with Gasteiger partial charge < -0.3 is 10.5 Å². The molecule has 1 rings (SSSR count). The fourth-order valence-electron chi connectivity index (χ4n) is 0.739. The summed E-state index contributed by atoms with van der Waals surface area (Å²) in [5.41, 5.74) is 5.57. The third-order valence-electron chi connectivity index (χ3n) is 1.93. The van der Waals surface area contributed by atoms with Crippen LogP contribution >= 0.6 is 0 Å². The Morgan fingerprint density at radius 1 is 1.23 bits per heavy atom. The van der Waals surface area contributed by atoms with Crippen LogP contribution in [-0.4, -0.2) is 16.1 Å². The zero-order valence-electron chi connectivity index (χ0n) is 8.19. The quantitative estimate of drug-likeness (QED) is 0.767. The van der Waals surface area contributed by atoms with E-state index in [0.717, 1.165) is 0 Å². The Labute approximate surface area is 78.1 Å². The number of ether oxygens (including phenoxy) is 1. The summed E-state index contributed by atoms with van der Waals surface area (Å²) < 4.78 is 5.51. The first-order chi connectivity index (χ1) is 6.11. The van der Waals surface area contributed by atoms with Gasteiger partial charge in [0.25, 0.3) is 5.88 Å². The molecular formula is C9H15N3O. The van der Waals surface area contributed by atoms with Crippen LogP contribution in [0.1, 0.15) is 20.8 Å². The minimum atomic E-state index is 0.0963. The number of nitrogens with zero attached hydrogens (tertiary/aromatic N) is 2. The Morgan fingerprint density at radius 3 is 2.38 bits per heavy atom. The van der Waals surface area contributed by atoms with Gasteiger partial charge in [0.15, 0.2) is 5.82 Å². The van der Waals surface area contributed by atoms with Crippen LogP contribution in [0.3, 0.4) is 0 Å². The monoisotopic (exact) mass is 181 g/mol. The maximum absolute atomic E-state index is 5.57. The lowest BCUT2D eigenvalue weighted by atomic mass is 10.1. The number of aromatic nitrogens is 2. The lowest BCUT2D eigenvalue weighted by Gasteiger charge is -2.17. The van der Waals surface area contributed by atoms with E-state index in [-0.39, 0.29) is 6.10 Å². The summed E-state index contributed by atoms with van der Waals surface area (Å²) in [6, 6.07) is 0. The Bertz CT molecular complexity index is 275. The number of nitrogen functional groups attached to an aromatic ring is 1. The molecule has 1 aromatic heterocycles. The van der Waals surface area contributed by atoms with E-state index in [4.69, 9.17) is 10.5 Å². The average molecular weight is 181 g/mol. The predicted octanol–water partition coefficient (Wildman–Crippen LogP) is 1.48. The first-order valence-electron chi connectivity index (χ1n) is 4.34. The Hall–Kier alpha value is -1.32. The molecule has 0 spiro atoms. The molecule has 1 unspecified atom stereocenters. The maximum atomic E-state index is 5.57. The van der Waals surface area contributed by atoms with E-state index in [1.807, 2.05) is 6.92 Å². The highest BCUT2D eigenvalue weighted by Crippen LogP contribution is 2.17. The van der Waals surface area contributed by atoms with E-state index >= 15 is 0 Å². The second kappa shape index (κ2) is 4.07. The second-order valence-electron chi connectivity index (χ2n) is 3.31. The van der Waals surface area contributed by atoms with Gasteiger partial charge in [-0.25, -0.2) is 9.97 Å². The molecule has 0 aliphatic heterocycles. The van der Waals surface area contributed by atoms with Crippen molar-refractivity contribution < 1.29 is 4.74 Å². The van der Waals surface area contributed by atoms with Gasteiger partial charge in [-0.1, -0.05) is 13.8 Å². The van der Waals surface area contributed by atoms with Gasteiger partial charge in [0, 0.05) is 12.4 Å². The normalized spacial score (nSPS) is 12.9. The summed E-state index contributed by atoms with van der Waals surface area (Å²) in [7, 11) is 0. The van der Waals surface area contributed by atoms with E-state index in [0.29, 0.717) is 17.6 Å². The molecule has 72 valence electrons. The van der Waals surface area contributed by atoms with Crippen LogP contribution in [0.15, 0.2) is 12.4 Å². The zero-order valence-corrected chi connectivity index (χ0v) is 8.19. The zero-order chi connectivity index (χ0) is 9.84. The average Bonchev–Trinajstić information content (AvgIpc) is 2.08. The molecule has 4 nitrogen and oxygen atoms in total. The summed E-state index contributed by atoms with van der Waals surface area (Å²) in [4.78, 5) is 7.87. The van der Waals surface area contributed by atoms with Crippen molar-refractivity contribution in [2.24, 2.45) is 5.92 Å². The van der Waals surface area contributed by atoms with Gasteiger partial charge >= 0.3 is 0 Å². The first-order valence-corrected chi connectivity index (χ1v) is 4.34. The van der Waals surface area contributed by atoms with Crippen LogP contribution in [0.5, 0.6) is 5.88 Å². The number of hydrogen-bond acceptors (Lipinski definition) is 4. The SMILES string of the molecule is CC(C)C(C)Oc1nccnc1N. The minimum Gasteiger partial charge on any atom is -0.472 e. The van der Waals surface area contributed by atoms with E-state index in [9.17, 15) is 0 Å². The highest BCUT2D eigenvalue weighted by atomic mass is 16.5. The Kier molecular flexibility index (Phi) is 3.06. The molecule has 1 atom stereocenters. The van der Waals surface area contributed by atoms with Crippen LogP contribution in [0.25, 0.3) is 0 Å². The number of hydrogen-bond donors (Lipinski definition) is 1. The van der Waals surface area contributed by atoms with Gasteiger partial charge in [0.2, 0.25) is 0 Å². The molecule has 0 fully saturated rings. The largest absolute Gasteiger partial charge is 0.472 e. The standard InChI is InChI=1S/C9H15N3O/c1-6(2)7(3)13-9-8(10)11-4-5-12-9/h4-7H,1-3H3,(H2,10,11). The van der Waals surface area contributed by atoms with Crippen molar-refractivity contribution in [3.8, 4) is 5.88 Å². The first kappa shape index (κ1) is 9.77. The topological polar surface area (TPSA) is 61.0 Å². The molecule has 13 heavy (non-hydrogen) atoms. The van der Waals surface area contributed by atoms with Crippen LogP contribution in [0, 0.1) is 5.92 Å². The van der Waals surface area contributed by atoms with Crippen LogP contribution < -0.4 is 10.5 Å². The molecule has 0 saturated heterocycles. The van der Waals surface area contributed by atoms with Crippen LogP contribution in [0.2, 0.25) is 0 Å². The van der Waals surface area contributed by atoms with Crippen molar-refractivity contribution in [1.82, 2.24) is 9.97 Å². The molecule has 0 aliphatic rings. The molecule has 0 aromatic carbocycles. The summed E-state index contributed by atoms with van der Waals surface area (Å²) >= 11 is 0. The van der Waals surface area contributed by atoms with E-state index < -0.39 is 0 Å². The van der Waals surface area contributed by atoms with Crippen molar-refractivity contribution >= 4 is 5.82 Å². The van der Waals surface area contributed by atoms with Crippen molar-refractivity contribution in [2.45, 2.75) is 26.9 Å². The van der Waals surface area contributed by atoms with E-state index in [1.165, 1.54) is 0 Å². The molecule has 1 aromatic rings. The summed E-state index contributed by atoms with van der Waals surface area (Å²) in [5, 5.41) is 0. The maximum Gasteiger partial charge on any atom is 0.257 e. The van der Waals surface area contributed by atoms with Gasteiger partial charge in [-0.15, -0.1) is 0 Å². The highest BCUT2D eigenvalue weighted by Gasteiger charge is 2.11. The molecular weight excluding hydrogens is 166 g/mol. The molecule has 0 saturated carbocycles. The van der Waals surface area contributed by atoms with Crippen molar-refractivity contribution in [3.05, 3.63) is 12.4 Å². The van der Waals surface area contributed by atoms with Gasteiger partial charge in [0.05, 0.1) is 0 Å². The smallest absolute Gasteiger partial charge is 0.257 e. The van der Waals surface area contributed by atoms with Crippen molar-refractivity contribution in [1.29, 1.82) is 0 Å². The molecule has 0 aliphatic carbocycles. The fourth-order valence-corrected chi connectivity index (χ4v) is 0.739. The third kappa shape index (κ3) is 2.57. The highest BCUT2D eigenvalue weighted by molar-refractivity contribution is 5.38. The van der Waals surface area contributed by atoms with Crippen molar-refractivity contribution in [3.63, 3.8) is 0 Å². The molecule has 1 heterocycles. The summed E-state index contributed by atoms with van der Waals surface area (Å²) in [6.07, 6.45) is 3.21. The van der Waals surface area contributed by atoms with Gasteiger partial charge in [-0.2, -0.15) is 0 Å². The molecule has 0 radical (unpaired) electrons. The van der Waals surface area contributed by atoms with E-state index in [2.05, 4.69) is 23.8 Å². The molecule has 2 N–H and O–H groups in total.